The van der Waals surface area contributed by atoms with E-state index in [2.05, 4.69) is 49.1 Å². The molecule has 33 heavy (non-hydrogen) atoms. The zero-order valence-electron chi connectivity index (χ0n) is 18.5. The predicted molar refractivity (Wildman–Crippen MR) is 130 cm³/mol. The molecule has 4 aromatic rings. The number of fused-ring (bicyclic) bond motifs is 2. The summed E-state index contributed by atoms with van der Waals surface area (Å²) in [6, 6.07) is 10.8. The summed E-state index contributed by atoms with van der Waals surface area (Å²) in [4.78, 5) is 12.2. The highest BCUT2D eigenvalue weighted by atomic mass is 32.2. The molecule has 0 amide bonds. The smallest absolute Gasteiger partial charge is 0.149 e. The van der Waals surface area contributed by atoms with Crippen LogP contribution in [-0.4, -0.2) is 46.5 Å². The van der Waals surface area contributed by atoms with Crippen molar-refractivity contribution in [2.75, 3.05) is 23.9 Å². The van der Waals surface area contributed by atoms with E-state index in [1.54, 1.807) is 6.33 Å². The molecule has 1 aliphatic rings. The van der Waals surface area contributed by atoms with E-state index in [0.29, 0.717) is 28.3 Å². The Labute approximate surface area is 192 Å². The molecule has 170 valence electrons. The SMILES string of the molecule is CS(=O)(=O)CCNc1cc(-c2ccc3c(c2)ncn3C2CCCCC2)c2nc[nH]c2c1C#N. The molecule has 8 nitrogen and oxygen atoms in total. The van der Waals surface area contributed by atoms with Crippen LogP contribution in [-0.2, 0) is 9.84 Å². The van der Waals surface area contributed by atoms with Gasteiger partial charge in [0.1, 0.15) is 21.5 Å². The number of anilines is 1. The van der Waals surface area contributed by atoms with Crippen LogP contribution < -0.4 is 5.32 Å². The highest BCUT2D eigenvalue weighted by Crippen LogP contribution is 2.36. The van der Waals surface area contributed by atoms with Crippen molar-refractivity contribution in [3.63, 3.8) is 0 Å². The normalized spacial score (nSPS) is 15.2. The first-order valence-corrected chi connectivity index (χ1v) is 13.3. The molecular formula is C24H26N6O2S. The molecule has 9 heteroatoms. The van der Waals surface area contributed by atoms with E-state index in [0.717, 1.165) is 22.2 Å². The van der Waals surface area contributed by atoms with Gasteiger partial charge in [-0.15, -0.1) is 0 Å². The Morgan fingerprint density at radius 1 is 1.21 bits per heavy atom. The number of hydrogen-bond donors (Lipinski definition) is 2. The quantitative estimate of drug-likeness (QED) is 0.438. The summed E-state index contributed by atoms with van der Waals surface area (Å²) in [5.74, 6) is -0.0151. The maximum Gasteiger partial charge on any atom is 0.149 e. The fraction of sp³-hybridized carbons (Fsp3) is 0.375. The lowest BCUT2D eigenvalue weighted by atomic mass is 9.95. The fourth-order valence-corrected chi connectivity index (χ4v) is 5.28. The third-order valence-electron chi connectivity index (χ3n) is 6.46. The van der Waals surface area contributed by atoms with Crippen LogP contribution in [0.1, 0.15) is 43.7 Å². The minimum Gasteiger partial charge on any atom is -0.383 e. The van der Waals surface area contributed by atoms with Gasteiger partial charge in [0.2, 0.25) is 0 Å². The van der Waals surface area contributed by atoms with E-state index in [1.807, 2.05) is 12.4 Å². The van der Waals surface area contributed by atoms with E-state index >= 15 is 0 Å². The molecule has 1 fully saturated rings. The topological polar surface area (TPSA) is 116 Å². The van der Waals surface area contributed by atoms with Crippen molar-refractivity contribution in [1.29, 1.82) is 5.26 Å². The molecule has 0 spiro atoms. The highest BCUT2D eigenvalue weighted by Gasteiger charge is 2.19. The molecule has 1 aliphatic carbocycles. The number of H-pyrrole nitrogens is 1. The zero-order chi connectivity index (χ0) is 23.0. The maximum atomic E-state index is 11.5. The summed E-state index contributed by atoms with van der Waals surface area (Å²) in [6.07, 6.45) is 11.0. The largest absolute Gasteiger partial charge is 0.383 e. The second kappa shape index (κ2) is 8.52. The molecule has 5 rings (SSSR count). The standard InChI is InChI=1S/C24H26N6O2S/c1-33(31,32)10-9-26-20-12-18(23-24(19(20)13-25)28-14-27-23)16-7-8-22-21(11-16)29-15-30(22)17-5-3-2-4-6-17/h7-8,11-12,14-15,17,26H,2-6,9-10H2,1H3,(H,27,28). The minimum absolute atomic E-state index is 0.0151. The van der Waals surface area contributed by atoms with Gasteiger partial charge in [0.15, 0.2) is 0 Å². The van der Waals surface area contributed by atoms with Crippen molar-refractivity contribution in [2.24, 2.45) is 0 Å². The number of nitrogens with zero attached hydrogens (tertiary/aromatic N) is 4. The zero-order valence-corrected chi connectivity index (χ0v) is 19.3. The van der Waals surface area contributed by atoms with Crippen LogP contribution in [0.4, 0.5) is 5.69 Å². The second-order valence-corrected chi connectivity index (χ2v) is 11.0. The van der Waals surface area contributed by atoms with Crippen molar-refractivity contribution in [1.82, 2.24) is 19.5 Å². The molecule has 0 saturated heterocycles. The van der Waals surface area contributed by atoms with Crippen molar-refractivity contribution in [3.8, 4) is 17.2 Å². The molecule has 2 aromatic heterocycles. The van der Waals surface area contributed by atoms with Gasteiger partial charge in [-0.2, -0.15) is 5.26 Å². The summed E-state index contributed by atoms with van der Waals surface area (Å²) in [7, 11) is -3.12. The van der Waals surface area contributed by atoms with Crippen molar-refractivity contribution in [3.05, 3.63) is 42.5 Å². The number of nitriles is 1. The van der Waals surface area contributed by atoms with E-state index in [-0.39, 0.29) is 12.3 Å². The van der Waals surface area contributed by atoms with Crippen LogP contribution in [0.5, 0.6) is 0 Å². The number of aromatic amines is 1. The van der Waals surface area contributed by atoms with Gasteiger partial charge in [0.05, 0.1) is 46.2 Å². The lowest BCUT2D eigenvalue weighted by Crippen LogP contribution is -2.14. The van der Waals surface area contributed by atoms with Crippen molar-refractivity contribution < 1.29 is 8.42 Å². The predicted octanol–water partition coefficient (Wildman–Crippen LogP) is 4.41. The second-order valence-electron chi connectivity index (χ2n) is 8.79. The van der Waals surface area contributed by atoms with Crippen LogP contribution in [0.3, 0.4) is 0 Å². The minimum atomic E-state index is -3.12. The van der Waals surface area contributed by atoms with E-state index < -0.39 is 9.84 Å². The van der Waals surface area contributed by atoms with Crippen LogP contribution in [0.25, 0.3) is 33.2 Å². The van der Waals surface area contributed by atoms with Gasteiger partial charge in [-0.3, -0.25) is 0 Å². The first kappa shape index (κ1) is 21.5. The monoisotopic (exact) mass is 462 g/mol. The number of imidazole rings is 2. The highest BCUT2D eigenvalue weighted by molar-refractivity contribution is 7.90. The number of hydrogen-bond acceptors (Lipinski definition) is 6. The van der Waals surface area contributed by atoms with Gasteiger partial charge in [-0.05, 0) is 36.6 Å². The summed E-state index contributed by atoms with van der Waals surface area (Å²) in [5.41, 5.74) is 6.20. The first-order chi connectivity index (χ1) is 15.9. The van der Waals surface area contributed by atoms with Crippen LogP contribution in [0.15, 0.2) is 36.9 Å². The third-order valence-corrected chi connectivity index (χ3v) is 7.40. The number of sulfone groups is 1. The lowest BCUT2D eigenvalue weighted by molar-refractivity contribution is 0.359. The van der Waals surface area contributed by atoms with E-state index in [9.17, 15) is 13.7 Å². The Kier molecular flexibility index (Phi) is 5.54. The first-order valence-electron chi connectivity index (χ1n) is 11.2. The average Bonchev–Trinajstić information content (AvgIpc) is 3.45. The summed E-state index contributed by atoms with van der Waals surface area (Å²) < 4.78 is 25.4. The Balaban J connectivity index is 1.56. The number of aromatic nitrogens is 4. The van der Waals surface area contributed by atoms with Gasteiger partial charge >= 0.3 is 0 Å². The van der Waals surface area contributed by atoms with Crippen LogP contribution in [0, 0.1) is 11.3 Å². The number of rotatable bonds is 6. The van der Waals surface area contributed by atoms with Gasteiger partial charge in [0.25, 0.3) is 0 Å². The molecule has 2 aromatic carbocycles. The molecule has 0 unspecified atom stereocenters. The third kappa shape index (κ3) is 4.18. The molecule has 2 N–H and O–H groups in total. The van der Waals surface area contributed by atoms with Crippen molar-refractivity contribution in [2.45, 2.75) is 38.1 Å². The Hall–Kier alpha value is -3.38. The molecule has 2 heterocycles. The van der Waals surface area contributed by atoms with E-state index in [4.69, 9.17) is 0 Å². The van der Waals surface area contributed by atoms with Crippen LogP contribution in [0.2, 0.25) is 0 Å². The molecular weight excluding hydrogens is 436 g/mol. The van der Waals surface area contributed by atoms with E-state index in [1.165, 1.54) is 38.4 Å². The fourth-order valence-electron chi connectivity index (χ4n) is 4.80. The Morgan fingerprint density at radius 2 is 2.03 bits per heavy atom. The van der Waals surface area contributed by atoms with Gasteiger partial charge in [-0.1, -0.05) is 25.3 Å². The summed E-state index contributed by atoms with van der Waals surface area (Å²) >= 11 is 0. The molecule has 0 aliphatic heterocycles. The van der Waals surface area contributed by atoms with Gasteiger partial charge < -0.3 is 14.9 Å². The Bertz CT molecular complexity index is 1470. The number of benzene rings is 2. The summed E-state index contributed by atoms with van der Waals surface area (Å²) in [6.45, 7) is 0.220. The average molecular weight is 463 g/mol. The molecule has 0 bridgehead atoms. The van der Waals surface area contributed by atoms with Gasteiger partial charge in [-0.25, -0.2) is 18.4 Å². The Morgan fingerprint density at radius 3 is 2.79 bits per heavy atom. The number of nitrogens with one attached hydrogen (secondary N) is 2. The summed E-state index contributed by atoms with van der Waals surface area (Å²) in [5, 5.41) is 12.9. The lowest BCUT2D eigenvalue weighted by Gasteiger charge is -2.23. The van der Waals surface area contributed by atoms with Crippen molar-refractivity contribution >= 4 is 37.6 Å². The molecule has 0 radical (unpaired) electrons. The van der Waals surface area contributed by atoms with Gasteiger partial charge in [0, 0.05) is 24.4 Å². The maximum absolute atomic E-state index is 11.5. The molecule has 1 saturated carbocycles. The van der Waals surface area contributed by atoms with Crippen LogP contribution >= 0.6 is 0 Å². The molecule has 0 atom stereocenters.